The number of nitrogens with one attached hydrogen (secondary N) is 1. The summed E-state index contributed by atoms with van der Waals surface area (Å²) in [5.41, 5.74) is 2.13. The molecule has 0 aliphatic carbocycles. The van der Waals surface area contributed by atoms with Crippen LogP contribution in [0.4, 0.5) is 0 Å². The van der Waals surface area contributed by atoms with Crippen LogP contribution in [0.5, 0.6) is 0 Å². The first-order valence-corrected chi connectivity index (χ1v) is 7.98. The molecule has 21 heavy (non-hydrogen) atoms. The minimum atomic E-state index is -3.60. The summed E-state index contributed by atoms with van der Waals surface area (Å²) in [4.78, 5) is 4.14. The van der Waals surface area contributed by atoms with Crippen molar-refractivity contribution in [1.29, 1.82) is 0 Å². The first kappa shape index (κ1) is 14.1. The van der Waals surface area contributed by atoms with E-state index < -0.39 is 10.0 Å². The summed E-state index contributed by atoms with van der Waals surface area (Å²) in [5.74, 6) is 0. The molecular formula is C14H11ClN2O3S. The van der Waals surface area contributed by atoms with E-state index in [2.05, 4.69) is 9.71 Å². The quantitative estimate of drug-likeness (QED) is 0.801. The lowest BCUT2D eigenvalue weighted by Gasteiger charge is -2.07. The Morgan fingerprint density at radius 2 is 2.05 bits per heavy atom. The third-order valence-electron chi connectivity index (χ3n) is 2.97. The van der Waals surface area contributed by atoms with Crippen molar-refractivity contribution in [2.45, 2.75) is 11.4 Å². The average molecular weight is 323 g/mol. The highest BCUT2D eigenvalue weighted by Gasteiger charge is 2.14. The van der Waals surface area contributed by atoms with Crippen LogP contribution in [0.2, 0.25) is 5.02 Å². The lowest BCUT2D eigenvalue weighted by Crippen LogP contribution is -2.23. The summed E-state index contributed by atoms with van der Waals surface area (Å²) in [7, 11) is -3.60. The molecular weight excluding hydrogens is 312 g/mol. The second-order valence-corrected chi connectivity index (χ2v) is 6.64. The van der Waals surface area contributed by atoms with Crippen molar-refractivity contribution >= 4 is 32.7 Å². The molecule has 0 aliphatic heterocycles. The maximum atomic E-state index is 12.2. The normalized spacial score (nSPS) is 11.9. The highest BCUT2D eigenvalue weighted by Crippen LogP contribution is 2.17. The molecule has 0 radical (unpaired) electrons. The van der Waals surface area contributed by atoms with Gasteiger partial charge in [-0.3, -0.25) is 0 Å². The molecule has 2 aromatic carbocycles. The molecule has 3 rings (SSSR count). The first-order valence-electron chi connectivity index (χ1n) is 6.12. The Kier molecular flexibility index (Phi) is 3.67. The van der Waals surface area contributed by atoms with Gasteiger partial charge in [-0.2, -0.15) is 0 Å². The van der Waals surface area contributed by atoms with Crippen molar-refractivity contribution in [3.8, 4) is 0 Å². The maximum absolute atomic E-state index is 12.2. The van der Waals surface area contributed by atoms with E-state index in [1.807, 2.05) is 0 Å². The molecule has 1 aromatic heterocycles. The third-order valence-corrected chi connectivity index (χ3v) is 4.60. The zero-order valence-corrected chi connectivity index (χ0v) is 12.4. The van der Waals surface area contributed by atoms with Gasteiger partial charge in [-0.25, -0.2) is 18.1 Å². The first-order chi connectivity index (χ1) is 10.0. The van der Waals surface area contributed by atoms with E-state index in [0.29, 0.717) is 10.6 Å². The number of sulfonamides is 1. The highest BCUT2D eigenvalue weighted by molar-refractivity contribution is 7.89. The molecule has 0 fully saturated rings. The number of rotatable bonds is 4. The molecule has 0 saturated heterocycles. The molecule has 3 aromatic rings. The van der Waals surface area contributed by atoms with E-state index in [9.17, 15) is 8.42 Å². The summed E-state index contributed by atoms with van der Waals surface area (Å²) >= 11 is 5.81. The molecule has 0 atom stereocenters. The lowest BCUT2D eigenvalue weighted by atomic mass is 10.2. The number of hydrogen-bond acceptors (Lipinski definition) is 4. The predicted octanol–water partition coefficient (Wildman–Crippen LogP) is 2.96. The zero-order valence-electron chi connectivity index (χ0n) is 10.8. The van der Waals surface area contributed by atoms with Crippen LogP contribution < -0.4 is 4.72 Å². The van der Waals surface area contributed by atoms with Crippen LogP contribution in [-0.2, 0) is 16.6 Å². The van der Waals surface area contributed by atoms with E-state index in [-0.39, 0.29) is 11.4 Å². The van der Waals surface area contributed by atoms with Gasteiger partial charge in [-0.1, -0.05) is 23.7 Å². The van der Waals surface area contributed by atoms with Crippen LogP contribution in [0, 0.1) is 0 Å². The minimum Gasteiger partial charge on any atom is -0.443 e. The van der Waals surface area contributed by atoms with E-state index in [0.717, 1.165) is 11.1 Å². The Balaban J connectivity index is 1.79. The van der Waals surface area contributed by atoms with Crippen LogP contribution in [0.1, 0.15) is 5.56 Å². The Morgan fingerprint density at radius 1 is 1.19 bits per heavy atom. The molecule has 0 saturated carbocycles. The van der Waals surface area contributed by atoms with Gasteiger partial charge in [0.25, 0.3) is 0 Å². The van der Waals surface area contributed by atoms with Crippen LogP contribution in [0.3, 0.4) is 0 Å². The van der Waals surface area contributed by atoms with Gasteiger partial charge in [0.15, 0.2) is 12.0 Å². The molecule has 0 bridgehead atoms. The predicted molar refractivity (Wildman–Crippen MR) is 79.5 cm³/mol. The topological polar surface area (TPSA) is 72.2 Å². The van der Waals surface area contributed by atoms with Gasteiger partial charge >= 0.3 is 0 Å². The van der Waals surface area contributed by atoms with Gasteiger partial charge in [-0.05, 0) is 35.9 Å². The van der Waals surface area contributed by atoms with Crippen LogP contribution in [-0.4, -0.2) is 13.4 Å². The Morgan fingerprint density at radius 3 is 2.86 bits per heavy atom. The van der Waals surface area contributed by atoms with Crippen LogP contribution in [0.15, 0.2) is 58.2 Å². The highest BCUT2D eigenvalue weighted by atomic mass is 35.5. The fraction of sp³-hybridized carbons (Fsp3) is 0.0714. The van der Waals surface area contributed by atoms with E-state index in [1.165, 1.54) is 18.5 Å². The molecule has 1 heterocycles. The van der Waals surface area contributed by atoms with E-state index in [1.54, 1.807) is 30.3 Å². The monoisotopic (exact) mass is 322 g/mol. The van der Waals surface area contributed by atoms with Gasteiger partial charge in [0.05, 0.1) is 4.90 Å². The summed E-state index contributed by atoms with van der Waals surface area (Å²) < 4.78 is 32.0. The van der Waals surface area contributed by atoms with E-state index in [4.69, 9.17) is 16.0 Å². The summed E-state index contributed by atoms with van der Waals surface area (Å²) in [6.07, 6.45) is 1.35. The standard InChI is InChI=1S/C14H11ClN2O3S/c15-11-2-1-3-12(7-11)21(18,19)17-8-10-4-5-13-14(6-10)20-9-16-13/h1-7,9,17H,8H2. The van der Waals surface area contributed by atoms with Crippen molar-refractivity contribution in [2.24, 2.45) is 0 Å². The smallest absolute Gasteiger partial charge is 0.240 e. The largest absolute Gasteiger partial charge is 0.443 e. The molecule has 0 spiro atoms. The van der Waals surface area contributed by atoms with Crippen LogP contribution in [0.25, 0.3) is 11.1 Å². The number of nitrogens with zero attached hydrogens (tertiary/aromatic N) is 1. The summed E-state index contributed by atoms with van der Waals surface area (Å²) in [5, 5.41) is 0.376. The van der Waals surface area contributed by atoms with Gasteiger partial charge in [0.1, 0.15) is 5.52 Å². The van der Waals surface area contributed by atoms with Crippen molar-refractivity contribution in [3.05, 3.63) is 59.4 Å². The molecule has 0 amide bonds. The molecule has 5 nitrogen and oxygen atoms in total. The number of aromatic nitrogens is 1. The fourth-order valence-corrected chi connectivity index (χ4v) is 3.22. The van der Waals surface area contributed by atoms with Crippen LogP contribution >= 0.6 is 11.6 Å². The molecule has 108 valence electrons. The second kappa shape index (κ2) is 5.48. The molecule has 0 aliphatic rings. The Bertz CT molecular complexity index is 890. The third kappa shape index (κ3) is 3.07. The number of hydrogen-bond donors (Lipinski definition) is 1. The van der Waals surface area contributed by atoms with Crippen molar-refractivity contribution in [2.75, 3.05) is 0 Å². The lowest BCUT2D eigenvalue weighted by molar-refractivity contribution is 0.580. The van der Waals surface area contributed by atoms with Gasteiger partial charge in [-0.15, -0.1) is 0 Å². The van der Waals surface area contributed by atoms with Gasteiger partial charge in [0, 0.05) is 11.6 Å². The Hall–Kier alpha value is -1.89. The molecule has 7 heteroatoms. The summed E-state index contributed by atoms with van der Waals surface area (Å²) in [6.45, 7) is 0.158. The second-order valence-electron chi connectivity index (χ2n) is 4.44. The van der Waals surface area contributed by atoms with Gasteiger partial charge < -0.3 is 4.42 Å². The summed E-state index contributed by atoms with van der Waals surface area (Å²) in [6, 6.07) is 11.4. The molecule has 0 unspecified atom stereocenters. The zero-order chi connectivity index (χ0) is 14.9. The number of fused-ring (bicyclic) bond motifs is 1. The van der Waals surface area contributed by atoms with Crippen molar-refractivity contribution in [1.82, 2.24) is 9.71 Å². The molecule has 1 N–H and O–H groups in total. The SMILES string of the molecule is O=S(=O)(NCc1ccc2ncoc2c1)c1cccc(Cl)c1. The van der Waals surface area contributed by atoms with Crippen molar-refractivity contribution in [3.63, 3.8) is 0 Å². The maximum Gasteiger partial charge on any atom is 0.240 e. The fourth-order valence-electron chi connectivity index (χ4n) is 1.91. The number of benzene rings is 2. The number of oxazole rings is 1. The van der Waals surface area contributed by atoms with Crippen molar-refractivity contribution < 1.29 is 12.8 Å². The average Bonchev–Trinajstić information content (AvgIpc) is 2.93. The van der Waals surface area contributed by atoms with Gasteiger partial charge in [0.2, 0.25) is 10.0 Å². The van der Waals surface area contributed by atoms with E-state index >= 15 is 0 Å². The minimum absolute atomic E-state index is 0.135. The Labute approximate surface area is 126 Å². The number of halogens is 1.